The monoisotopic (exact) mass is 187 g/mol. The molecule has 4 heteroatoms. The van der Waals surface area contributed by atoms with Crippen molar-refractivity contribution < 1.29 is 0 Å². The van der Waals surface area contributed by atoms with Crippen LogP contribution in [0.3, 0.4) is 0 Å². The lowest BCUT2D eigenvalue weighted by Gasteiger charge is -2.36. The Labute approximate surface area is 78.0 Å². The zero-order valence-electron chi connectivity index (χ0n) is 7.45. The molecule has 0 unspecified atom stereocenters. The van der Waals surface area contributed by atoms with Crippen LogP contribution in [0.5, 0.6) is 0 Å². The van der Waals surface area contributed by atoms with E-state index in [9.17, 15) is 4.91 Å². The lowest BCUT2D eigenvalue weighted by atomic mass is 9.98. The van der Waals surface area contributed by atoms with Crippen LogP contribution in [0.25, 0.3) is 0 Å². The minimum atomic E-state index is 0.0768. The summed E-state index contributed by atoms with van der Waals surface area (Å²) in [7, 11) is 0. The van der Waals surface area contributed by atoms with Gasteiger partial charge in [0.2, 0.25) is 0 Å². The van der Waals surface area contributed by atoms with Gasteiger partial charge in [0.1, 0.15) is 0 Å². The molecule has 0 N–H and O–H groups in total. The zero-order valence-corrected chi connectivity index (χ0v) is 8.27. The third kappa shape index (κ3) is 2.45. The molecule has 1 rings (SSSR count). The summed E-state index contributed by atoms with van der Waals surface area (Å²) in [6.07, 6.45) is 2.08. The lowest BCUT2D eigenvalue weighted by molar-refractivity contribution is 0.225. The van der Waals surface area contributed by atoms with Gasteiger partial charge in [-0.3, -0.25) is 0 Å². The molecule has 1 heterocycles. The first-order valence-electron chi connectivity index (χ1n) is 4.23. The third-order valence-electron chi connectivity index (χ3n) is 2.49. The fourth-order valence-electron chi connectivity index (χ4n) is 1.43. The highest BCUT2D eigenvalue weighted by atomic mass is 32.2. The molecular formula is C8H15N2OS. The molecule has 0 spiro atoms. The molecule has 0 saturated carbocycles. The van der Waals surface area contributed by atoms with Crippen LogP contribution in [-0.2, 0) is 0 Å². The van der Waals surface area contributed by atoms with Gasteiger partial charge in [-0.1, -0.05) is 0 Å². The normalized spacial score (nSPS) is 23.8. The molecule has 12 heavy (non-hydrogen) atoms. The van der Waals surface area contributed by atoms with Gasteiger partial charge in [0.25, 0.3) is 0 Å². The first-order valence-corrected chi connectivity index (χ1v) is 5.00. The van der Waals surface area contributed by atoms with E-state index < -0.39 is 0 Å². The molecule has 0 atom stereocenters. The van der Waals surface area contributed by atoms with E-state index in [-0.39, 0.29) is 4.75 Å². The Kier molecular flexibility index (Phi) is 3.53. The van der Waals surface area contributed by atoms with Gasteiger partial charge in [-0.15, -0.1) is 4.91 Å². The average Bonchev–Trinajstić information content (AvgIpc) is 2.06. The van der Waals surface area contributed by atoms with Crippen LogP contribution in [0.2, 0.25) is 0 Å². The molecule has 0 amide bonds. The Balaban J connectivity index is 2.38. The SMILES string of the molecule is [CH2]CN1CCC(C)(SN=O)CC1. The summed E-state index contributed by atoms with van der Waals surface area (Å²) in [5.41, 5.74) is 0. The van der Waals surface area contributed by atoms with Gasteiger partial charge >= 0.3 is 0 Å². The van der Waals surface area contributed by atoms with Crippen molar-refractivity contribution in [2.75, 3.05) is 19.6 Å². The minimum absolute atomic E-state index is 0.0768. The molecular weight excluding hydrogens is 172 g/mol. The topological polar surface area (TPSA) is 32.7 Å². The van der Waals surface area contributed by atoms with E-state index in [0.29, 0.717) is 0 Å². The van der Waals surface area contributed by atoms with Crippen molar-refractivity contribution in [2.45, 2.75) is 24.5 Å². The van der Waals surface area contributed by atoms with Gasteiger partial charge in [0, 0.05) is 21.3 Å². The van der Waals surface area contributed by atoms with Crippen LogP contribution in [0, 0.1) is 11.8 Å². The second-order valence-corrected chi connectivity index (χ2v) is 4.77. The number of nitrogens with zero attached hydrogens (tertiary/aromatic N) is 2. The van der Waals surface area contributed by atoms with Crippen LogP contribution in [0.4, 0.5) is 0 Å². The van der Waals surface area contributed by atoms with E-state index in [2.05, 4.69) is 23.3 Å². The zero-order chi connectivity index (χ0) is 9.03. The molecule has 0 aromatic heterocycles. The second kappa shape index (κ2) is 4.23. The van der Waals surface area contributed by atoms with Crippen molar-refractivity contribution in [1.29, 1.82) is 0 Å². The fourth-order valence-corrected chi connectivity index (χ4v) is 1.98. The van der Waals surface area contributed by atoms with Crippen molar-refractivity contribution in [1.82, 2.24) is 4.90 Å². The summed E-state index contributed by atoms with van der Waals surface area (Å²) in [5.74, 6) is 0. The van der Waals surface area contributed by atoms with E-state index in [1.54, 1.807) is 0 Å². The van der Waals surface area contributed by atoms with E-state index in [1.165, 1.54) is 11.9 Å². The molecule has 0 aromatic carbocycles. The van der Waals surface area contributed by atoms with Crippen LogP contribution in [-0.4, -0.2) is 29.3 Å². The summed E-state index contributed by atoms with van der Waals surface area (Å²) in [4.78, 5) is 12.4. The molecule has 1 fully saturated rings. The second-order valence-electron chi connectivity index (χ2n) is 3.46. The Morgan fingerprint density at radius 2 is 2.17 bits per heavy atom. The average molecular weight is 187 g/mol. The predicted molar refractivity (Wildman–Crippen MR) is 52.8 cm³/mol. The third-order valence-corrected chi connectivity index (χ3v) is 3.41. The number of nitroso groups, excluding NO2 is 1. The van der Waals surface area contributed by atoms with Crippen molar-refractivity contribution in [3.63, 3.8) is 0 Å². The smallest absolute Gasteiger partial charge is 0.0408 e. The Bertz CT molecular complexity index is 155. The highest BCUT2D eigenvalue weighted by Crippen LogP contribution is 2.35. The maximum atomic E-state index is 10.1. The lowest BCUT2D eigenvalue weighted by Crippen LogP contribution is -2.40. The Morgan fingerprint density at radius 1 is 1.58 bits per heavy atom. The van der Waals surface area contributed by atoms with Crippen LogP contribution < -0.4 is 0 Å². The fraction of sp³-hybridized carbons (Fsp3) is 0.875. The number of likely N-dealkylation sites (tertiary alicyclic amines) is 1. The van der Waals surface area contributed by atoms with Crippen LogP contribution >= 0.6 is 11.9 Å². The largest absolute Gasteiger partial charge is 0.303 e. The molecule has 3 nitrogen and oxygen atoms in total. The Hall–Kier alpha value is -0.0900. The number of hydrogen-bond donors (Lipinski definition) is 0. The summed E-state index contributed by atoms with van der Waals surface area (Å²) < 4.78 is 2.99. The minimum Gasteiger partial charge on any atom is -0.303 e. The molecule has 0 bridgehead atoms. The molecule has 0 aromatic rings. The van der Waals surface area contributed by atoms with E-state index in [4.69, 9.17) is 0 Å². The first kappa shape index (κ1) is 9.99. The number of piperidine rings is 1. The molecule has 1 aliphatic rings. The van der Waals surface area contributed by atoms with Gasteiger partial charge in [0.05, 0.1) is 0 Å². The molecule has 1 radical (unpaired) electrons. The first-order chi connectivity index (χ1) is 5.70. The van der Waals surface area contributed by atoms with Crippen molar-refractivity contribution in [3.05, 3.63) is 11.8 Å². The number of rotatable bonds is 3. The van der Waals surface area contributed by atoms with Crippen molar-refractivity contribution in [3.8, 4) is 0 Å². The summed E-state index contributed by atoms with van der Waals surface area (Å²) in [5, 5.41) is 0. The van der Waals surface area contributed by atoms with E-state index >= 15 is 0 Å². The van der Waals surface area contributed by atoms with Gasteiger partial charge in [0.15, 0.2) is 0 Å². The Morgan fingerprint density at radius 3 is 2.58 bits per heavy atom. The predicted octanol–water partition coefficient (Wildman–Crippen LogP) is 2.09. The molecule has 1 aliphatic heterocycles. The molecule has 69 valence electrons. The maximum absolute atomic E-state index is 10.1. The summed E-state index contributed by atoms with van der Waals surface area (Å²) in [6, 6.07) is 0. The standard InChI is InChI=1S/C8H15N2OS/c1-3-10-6-4-8(2,5-7-10)12-9-11/h1,3-7H2,2H3. The molecule has 0 aliphatic carbocycles. The van der Waals surface area contributed by atoms with Crippen molar-refractivity contribution in [2.24, 2.45) is 4.58 Å². The van der Waals surface area contributed by atoms with Crippen molar-refractivity contribution >= 4 is 11.9 Å². The van der Waals surface area contributed by atoms with Gasteiger partial charge in [-0.2, -0.15) is 0 Å². The van der Waals surface area contributed by atoms with Gasteiger partial charge < -0.3 is 4.90 Å². The van der Waals surface area contributed by atoms with Crippen LogP contribution in [0.1, 0.15) is 19.8 Å². The molecule has 1 saturated heterocycles. The highest BCUT2D eigenvalue weighted by molar-refractivity contribution is 7.99. The van der Waals surface area contributed by atoms with Gasteiger partial charge in [-0.05, 0) is 46.3 Å². The highest BCUT2D eigenvalue weighted by Gasteiger charge is 2.30. The van der Waals surface area contributed by atoms with Gasteiger partial charge in [-0.25, -0.2) is 0 Å². The quantitative estimate of drug-likeness (QED) is 0.501. The maximum Gasteiger partial charge on any atom is 0.0408 e. The number of hydrogen-bond acceptors (Lipinski definition) is 4. The van der Waals surface area contributed by atoms with Crippen LogP contribution in [0.15, 0.2) is 4.58 Å². The summed E-state index contributed by atoms with van der Waals surface area (Å²) in [6.45, 7) is 8.91. The van der Waals surface area contributed by atoms with E-state index in [0.717, 1.165) is 32.5 Å². The summed E-state index contributed by atoms with van der Waals surface area (Å²) >= 11 is 1.19. The van der Waals surface area contributed by atoms with E-state index in [1.807, 2.05) is 0 Å².